The average Bonchev–Trinajstić information content (AvgIpc) is 3.30. The van der Waals surface area contributed by atoms with Crippen LogP contribution in [0.5, 0.6) is 0 Å². The van der Waals surface area contributed by atoms with E-state index in [2.05, 4.69) is 15.3 Å². The largest absolute Gasteiger partial charge is 0.396 e. The van der Waals surface area contributed by atoms with Crippen molar-refractivity contribution >= 4 is 16.8 Å². The molecule has 1 aromatic carbocycles. The molecule has 3 aromatic rings. The van der Waals surface area contributed by atoms with Gasteiger partial charge in [0.2, 0.25) is 0 Å². The molecule has 4 rings (SSSR count). The number of carbonyl (C=O) groups is 1. The van der Waals surface area contributed by atoms with Crippen molar-refractivity contribution in [1.82, 2.24) is 24.9 Å². The average molecular weight is 353 g/mol. The minimum Gasteiger partial charge on any atom is -0.396 e. The fourth-order valence-electron chi connectivity index (χ4n) is 3.68. The molecule has 0 radical (unpaired) electrons. The van der Waals surface area contributed by atoms with E-state index in [0.29, 0.717) is 12.3 Å². The first-order valence-electron chi connectivity index (χ1n) is 9.09. The summed E-state index contributed by atoms with van der Waals surface area (Å²) in [4.78, 5) is 18.0. The summed E-state index contributed by atoms with van der Waals surface area (Å²) in [7, 11) is 0. The van der Waals surface area contributed by atoms with Gasteiger partial charge in [-0.05, 0) is 42.3 Å². The van der Waals surface area contributed by atoms with Crippen molar-refractivity contribution < 1.29 is 9.90 Å². The molecule has 7 nitrogen and oxygen atoms in total. The molecule has 1 unspecified atom stereocenters. The lowest BCUT2D eigenvalue weighted by atomic mass is 9.97. The smallest absolute Gasteiger partial charge is 0.253 e. The third-order valence-electron chi connectivity index (χ3n) is 5.01. The number of piperidine rings is 1. The van der Waals surface area contributed by atoms with E-state index in [1.807, 2.05) is 46.2 Å². The van der Waals surface area contributed by atoms with Crippen molar-refractivity contribution in [2.45, 2.75) is 25.8 Å². The van der Waals surface area contributed by atoms with Gasteiger partial charge in [-0.25, -0.2) is 0 Å². The van der Waals surface area contributed by atoms with Crippen LogP contribution in [-0.4, -0.2) is 55.6 Å². The van der Waals surface area contributed by atoms with Crippen molar-refractivity contribution in [1.29, 1.82) is 0 Å². The molecule has 7 heteroatoms. The maximum Gasteiger partial charge on any atom is 0.253 e. The van der Waals surface area contributed by atoms with E-state index in [9.17, 15) is 4.79 Å². The first-order chi connectivity index (χ1) is 12.7. The summed E-state index contributed by atoms with van der Waals surface area (Å²) >= 11 is 0. The van der Waals surface area contributed by atoms with E-state index in [1.54, 1.807) is 0 Å². The third-order valence-corrected chi connectivity index (χ3v) is 5.01. The highest BCUT2D eigenvalue weighted by Crippen LogP contribution is 2.22. The van der Waals surface area contributed by atoms with E-state index in [0.717, 1.165) is 54.6 Å². The van der Waals surface area contributed by atoms with Crippen molar-refractivity contribution in [3.63, 3.8) is 0 Å². The number of rotatable bonds is 5. The molecule has 0 spiro atoms. The number of fused-ring (bicyclic) bond motifs is 1. The summed E-state index contributed by atoms with van der Waals surface area (Å²) in [5.74, 6) is 0.455. The number of aliphatic hydroxyl groups is 1. The van der Waals surface area contributed by atoms with Crippen molar-refractivity contribution in [3.8, 4) is 0 Å². The Morgan fingerprint density at radius 2 is 2.27 bits per heavy atom. The van der Waals surface area contributed by atoms with Crippen molar-refractivity contribution in [3.05, 3.63) is 47.9 Å². The molecular weight excluding hydrogens is 330 g/mol. The third kappa shape index (κ3) is 3.48. The fourth-order valence-corrected chi connectivity index (χ4v) is 3.68. The van der Waals surface area contributed by atoms with Gasteiger partial charge in [-0.2, -0.15) is 0 Å². The minimum atomic E-state index is 0.0789. The van der Waals surface area contributed by atoms with Crippen LogP contribution in [-0.2, 0) is 13.0 Å². The predicted molar refractivity (Wildman–Crippen MR) is 97.7 cm³/mol. The molecule has 1 aliphatic rings. The normalized spacial score (nSPS) is 17.7. The van der Waals surface area contributed by atoms with Crippen LogP contribution in [0.15, 0.2) is 36.7 Å². The maximum atomic E-state index is 12.9. The fraction of sp³-hybridized carbons (Fsp3) is 0.421. The number of aromatic nitrogens is 4. The first kappa shape index (κ1) is 16.8. The Bertz CT molecular complexity index is 900. The molecule has 3 heterocycles. The summed E-state index contributed by atoms with van der Waals surface area (Å²) in [6.45, 7) is 2.36. The zero-order valence-electron chi connectivity index (χ0n) is 14.6. The molecule has 1 fully saturated rings. The van der Waals surface area contributed by atoms with Gasteiger partial charge in [-0.15, -0.1) is 5.10 Å². The van der Waals surface area contributed by atoms with Crippen LogP contribution in [0.4, 0.5) is 0 Å². The Kier molecular flexibility index (Phi) is 4.71. The highest BCUT2D eigenvalue weighted by molar-refractivity contribution is 5.98. The van der Waals surface area contributed by atoms with Gasteiger partial charge in [-0.3, -0.25) is 9.48 Å². The van der Waals surface area contributed by atoms with Crippen LogP contribution in [0, 0.1) is 5.92 Å². The molecule has 0 saturated carbocycles. The number of aromatic amines is 1. The number of carbonyl (C=O) groups excluding carboxylic acids is 1. The number of H-pyrrole nitrogens is 1. The molecule has 0 bridgehead atoms. The predicted octanol–water partition coefficient (Wildman–Crippen LogP) is 1.85. The van der Waals surface area contributed by atoms with E-state index in [-0.39, 0.29) is 12.5 Å². The lowest BCUT2D eigenvalue weighted by molar-refractivity contribution is 0.0659. The van der Waals surface area contributed by atoms with E-state index in [4.69, 9.17) is 5.11 Å². The SMILES string of the molecule is O=C(c1ccc2cc[nH]c2c1)N1CCCC(Cn2cc(CCO)nn2)C1. The molecule has 0 aliphatic carbocycles. The van der Waals surface area contributed by atoms with Crippen LogP contribution >= 0.6 is 0 Å². The number of likely N-dealkylation sites (tertiary alicyclic amines) is 1. The quantitative estimate of drug-likeness (QED) is 0.733. The molecule has 26 heavy (non-hydrogen) atoms. The Morgan fingerprint density at radius 3 is 3.15 bits per heavy atom. The van der Waals surface area contributed by atoms with Gasteiger partial charge in [0, 0.05) is 56.1 Å². The maximum absolute atomic E-state index is 12.9. The van der Waals surface area contributed by atoms with Gasteiger partial charge in [0.15, 0.2) is 0 Å². The number of nitrogens with zero attached hydrogens (tertiary/aromatic N) is 4. The highest BCUT2D eigenvalue weighted by atomic mass is 16.3. The zero-order chi connectivity index (χ0) is 17.9. The molecule has 1 saturated heterocycles. The number of hydrogen-bond acceptors (Lipinski definition) is 4. The van der Waals surface area contributed by atoms with Crippen LogP contribution in [0.3, 0.4) is 0 Å². The van der Waals surface area contributed by atoms with Gasteiger partial charge < -0.3 is 15.0 Å². The summed E-state index contributed by atoms with van der Waals surface area (Å²) in [5, 5.41) is 18.3. The van der Waals surface area contributed by atoms with Crippen LogP contribution in [0.1, 0.15) is 28.9 Å². The molecule has 136 valence electrons. The second kappa shape index (κ2) is 7.29. The Morgan fingerprint density at radius 1 is 1.35 bits per heavy atom. The molecule has 1 atom stereocenters. The zero-order valence-corrected chi connectivity index (χ0v) is 14.6. The number of aliphatic hydroxyl groups excluding tert-OH is 1. The molecule has 1 aliphatic heterocycles. The van der Waals surface area contributed by atoms with E-state index in [1.165, 1.54) is 0 Å². The van der Waals surface area contributed by atoms with Gasteiger partial charge in [0.05, 0.1) is 5.69 Å². The number of hydrogen-bond donors (Lipinski definition) is 2. The first-order valence-corrected chi connectivity index (χ1v) is 9.09. The summed E-state index contributed by atoms with van der Waals surface area (Å²) in [6, 6.07) is 7.82. The van der Waals surface area contributed by atoms with E-state index < -0.39 is 0 Å². The van der Waals surface area contributed by atoms with Crippen molar-refractivity contribution in [2.75, 3.05) is 19.7 Å². The summed E-state index contributed by atoms with van der Waals surface area (Å²) < 4.78 is 1.83. The van der Waals surface area contributed by atoms with Gasteiger partial charge >= 0.3 is 0 Å². The van der Waals surface area contributed by atoms with Crippen LogP contribution in [0.25, 0.3) is 10.9 Å². The van der Waals surface area contributed by atoms with Crippen LogP contribution in [0.2, 0.25) is 0 Å². The summed E-state index contributed by atoms with van der Waals surface area (Å²) in [5.41, 5.74) is 2.52. The highest BCUT2D eigenvalue weighted by Gasteiger charge is 2.25. The van der Waals surface area contributed by atoms with Crippen molar-refractivity contribution in [2.24, 2.45) is 5.92 Å². The Balaban J connectivity index is 1.42. The number of amides is 1. The topological polar surface area (TPSA) is 87.0 Å². The monoisotopic (exact) mass is 353 g/mol. The van der Waals surface area contributed by atoms with Gasteiger partial charge in [-0.1, -0.05) is 11.3 Å². The lowest BCUT2D eigenvalue weighted by Gasteiger charge is -2.32. The second-order valence-corrected chi connectivity index (χ2v) is 6.94. The molecule has 2 N–H and O–H groups in total. The molecular formula is C19H23N5O2. The lowest BCUT2D eigenvalue weighted by Crippen LogP contribution is -2.41. The molecule has 2 aromatic heterocycles. The number of benzene rings is 1. The van der Waals surface area contributed by atoms with E-state index >= 15 is 0 Å². The summed E-state index contributed by atoms with van der Waals surface area (Å²) in [6.07, 6.45) is 6.37. The van der Waals surface area contributed by atoms with Crippen LogP contribution < -0.4 is 0 Å². The van der Waals surface area contributed by atoms with Gasteiger partial charge in [0.25, 0.3) is 5.91 Å². The molecule has 1 amide bonds. The second-order valence-electron chi connectivity index (χ2n) is 6.94. The van der Waals surface area contributed by atoms with Gasteiger partial charge in [0.1, 0.15) is 0 Å². The standard InChI is InChI=1S/C19H23N5O2/c25-9-6-17-13-24(22-21-17)12-14-2-1-8-23(11-14)19(26)16-4-3-15-5-7-20-18(15)10-16/h3-5,7,10,13-14,20,25H,1-2,6,8-9,11-12H2. The Labute approximate surface area is 151 Å². The Hall–Kier alpha value is -2.67. The number of nitrogens with one attached hydrogen (secondary N) is 1. The minimum absolute atomic E-state index is 0.0789.